The van der Waals surface area contributed by atoms with Crippen molar-refractivity contribution in [3.63, 3.8) is 0 Å². The van der Waals surface area contributed by atoms with Gasteiger partial charge in [-0.2, -0.15) is 0 Å². The van der Waals surface area contributed by atoms with E-state index in [1.807, 2.05) is 4.57 Å². The van der Waals surface area contributed by atoms with Crippen molar-refractivity contribution in [1.82, 2.24) is 14.5 Å². The number of esters is 1. The average molecular weight is 340 g/mol. The summed E-state index contributed by atoms with van der Waals surface area (Å²) in [4.78, 5) is 20.3. The van der Waals surface area contributed by atoms with Gasteiger partial charge in [0.15, 0.2) is 6.39 Å². The molecule has 8 heteroatoms. The third-order valence-corrected chi connectivity index (χ3v) is 3.76. The molecule has 0 N–H and O–H groups in total. The number of ether oxygens (including phenoxy) is 1. The van der Waals surface area contributed by atoms with Crippen molar-refractivity contribution in [2.24, 2.45) is 0 Å². The second-order valence-corrected chi connectivity index (χ2v) is 5.22. The first kappa shape index (κ1) is 14.9. The Labute approximate surface area is 135 Å². The third-order valence-electron chi connectivity index (χ3n) is 3.23. The summed E-state index contributed by atoms with van der Waals surface area (Å²) in [6, 6.07) is 3.21. The maximum absolute atomic E-state index is 11.8. The predicted octanol–water partition coefficient (Wildman–Crippen LogP) is 3.25. The molecular formula is C14H11Cl2N3O3. The van der Waals surface area contributed by atoms with Gasteiger partial charge in [0.05, 0.1) is 41.3 Å². The first-order valence-electron chi connectivity index (χ1n) is 6.34. The highest BCUT2D eigenvalue weighted by Crippen LogP contribution is 2.27. The fourth-order valence-corrected chi connectivity index (χ4v) is 2.68. The fraction of sp³-hybridized carbons (Fsp3) is 0.214. The van der Waals surface area contributed by atoms with E-state index in [1.54, 1.807) is 6.07 Å². The molecule has 0 bridgehead atoms. The SMILES string of the molecule is COC(=O)c1cc(Cl)c2nc(CCl)n(Cc3cocn3)c2c1. The van der Waals surface area contributed by atoms with Gasteiger partial charge in [-0.1, -0.05) is 11.6 Å². The van der Waals surface area contributed by atoms with Crippen LogP contribution in [0.5, 0.6) is 0 Å². The van der Waals surface area contributed by atoms with Gasteiger partial charge in [0.2, 0.25) is 0 Å². The van der Waals surface area contributed by atoms with Crippen LogP contribution in [0.1, 0.15) is 21.9 Å². The van der Waals surface area contributed by atoms with E-state index in [-0.39, 0.29) is 5.88 Å². The number of carbonyl (C=O) groups is 1. The standard InChI is InChI=1S/C14H11Cl2N3O3/c1-21-14(20)8-2-10(16)13-11(3-8)19(12(4-15)18-13)5-9-6-22-7-17-9/h2-3,6-7H,4-5H2,1H3. The number of methoxy groups -OCH3 is 1. The first-order valence-corrected chi connectivity index (χ1v) is 7.25. The molecule has 114 valence electrons. The summed E-state index contributed by atoms with van der Waals surface area (Å²) in [5, 5.41) is 0.364. The molecule has 0 saturated carbocycles. The van der Waals surface area contributed by atoms with Gasteiger partial charge < -0.3 is 13.7 Å². The summed E-state index contributed by atoms with van der Waals surface area (Å²) in [5.74, 6) is 0.366. The molecule has 22 heavy (non-hydrogen) atoms. The Bertz CT molecular complexity index is 828. The number of oxazole rings is 1. The lowest BCUT2D eigenvalue weighted by atomic mass is 10.2. The number of fused-ring (bicyclic) bond motifs is 1. The minimum atomic E-state index is -0.467. The summed E-state index contributed by atoms with van der Waals surface area (Å²) < 4.78 is 11.6. The quantitative estimate of drug-likeness (QED) is 0.539. The number of halogens is 2. The molecule has 0 fully saturated rings. The number of carbonyl (C=O) groups excluding carboxylic acids is 1. The average Bonchev–Trinajstić information content (AvgIpc) is 3.15. The normalized spacial score (nSPS) is 11.0. The number of hydrogen-bond acceptors (Lipinski definition) is 5. The molecule has 0 saturated heterocycles. The van der Waals surface area contributed by atoms with Crippen molar-refractivity contribution in [2.45, 2.75) is 12.4 Å². The molecule has 6 nitrogen and oxygen atoms in total. The molecule has 0 unspecified atom stereocenters. The van der Waals surface area contributed by atoms with E-state index in [0.717, 1.165) is 0 Å². The van der Waals surface area contributed by atoms with Gasteiger partial charge in [-0.05, 0) is 12.1 Å². The Hall–Kier alpha value is -2.05. The number of benzene rings is 1. The van der Waals surface area contributed by atoms with E-state index >= 15 is 0 Å². The van der Waals surface area contributed by atoms with Gasteiger partial charge in [0.25, 0.3) is 0 Å². The van der Waals surface area contributed by atoms with Gasteiger partial charge in [-0.25, -0.2) is 14.8 Å². The highest BCUT2D eigenvalue weighted by molar-refractivity contribution is 6.35. The number of imidazole rings is 1. The van der Waals surface area contributed by atoms with Crippen LogP contribution in [0.25, 0.3) is 11.0 Å². The van der Waals surface area contributed by atoms with Crippen LogP contribution in [0.2, 0.25) is 5.02 Å². The molecule has 3 aromatic rings. The van der Waals surface area contributed by atoms with Crippen LogP contribution < -0.4 is 0 Å². The Morgan fingerprint density at radius 2 is 2.27 bits per heavy atom. The number of aromatic nitrogens is 3. The summed E-state index contributed by atoms with van der Waals surface area (Å²) in [5.41, 5.74) is 2.33. The van der Waals surface area contributed by atoms with Gasteiger partial charge in [-0.15, -0.1) is 11.6 Å². The third kappa shape index (κ3) is 2.55. The molecule has 2 heterocycles. The van der Waals surface area contributed by atoms with E-state index in [2.05, 4.69) is 9.97 Å². The Balaban J connectivity index is 2.19. The van der Waals surface area contributed by atoms with Crippen LogP contribution in [-0.4, -0.2) is 27.6 Å². The molecule has 0 spiro atoms. The van der Waals surface area contributed by atoms with Crippen molar-refractivity contribution in [3.05, 3.63) is 46.9 Å². The van der Waals surface area contributed by atoms with Crippen molar-refractivity contribution in [3.8, 4) is 0 Å². The maximum Gasteiger partial charge on any atom is 0.337 e. The second kappa shape index (κ2) is 5.98. The largest absolute Gasteiger partial charge is 0.465 e. The van der Waals surface area contributed by atoms with Crippen LogP contribution in [0, 0.1) is 0 Å². The molecule has 2 aromatic heterocycles. The van der Waals surface area contributed by atoms with Gasteiger partial charge in [0, 0.05) is 0 Å². The zero-order valence-corrected chi connectivity index (χ0v) is 13.1. The smallest absolute Gasteiger partial charge is 0.337 e. The molecule has 0 amide bonds. The first-order chi connectivity index (χ1) is 10.6. The molecule has 1 aromatic carbocycles. The zero-order chi connectivity index (χ0) is 15.7. The second-order valence-electron chi connectivity index (χ2n) is 4.54. The summed E-state index contributed by atoms with van der Waals surface area (Å²) in [6.07, 6.45) is 2.89. The maximum atomic E-state index is 11.8. The topological polar surface area (TPSA) is 70.2 Å². The minimum Gasteiger partial charge on any atom is -0.465 e. The number of rotatable bonds is 4. The lowest BCUT2D eigenvalue weighted by Gasteiger charge is -2.06. The van der Waals surface area contributed by atoms with Crippen molar-refractivity contribution in [2.75, 3.05) is 7.11 Å². The van der Waals surface area contributed by atoms with E-state index in [1.165, 1.54) is 25.8 Å². The lowest BCUT2D eigenvalue weighted by molar-refractivity contribution is 0.0601. The van der Waals surface area contributed by atoms with Crippen LogP contribution in [0.4, 0.5) is 0 Å². The summed E-state index contributed by atoms with van der Waals surface area (Å²) in [7, 11) is 1.32. The Morgan fingerprint density at radius 3 is 2.91 bits per heavy atom. The van der Waals surface area contributed by atoms with Crippen LogP contribution in [-0.2, 0) is 17.2 Å². The predicted molar refractivity (Wildman–Crippen MR) is 81.2 cm³/mol. The number of alkyl halides is 1. The highest BCUT2D eigenvalue weighted by atomic mass is 35.5. The minimum absolute atomic E-state index is 0.205. The molecule has 3 rings (SSSR count). The lowest BCUT2D eigenvalue weighted by Crippen LogP contribution is -2.05. The number of nitrogens with zero attached hydrogens (tertiary/aromatic N) is 3. The van der Waals surface area contributed by atoms with E-state index in [9.17, 15) is 4.79 Å². The van der Waals surface area contributed by atoms with Crippen molar-refractivity contribution >= 4 is 40.2 Å². The Morgan fingerprint density at radius 1 is 1.45 bits per heavy atom. The fourth-order valence-electron chi connectivity index (χ4n) is 2.22. The molecular weight excluding hydrogens is 329 g/mol. The molecule has 0 aliphatic rings. The molecule has 0 aliphatic carbocycles. The highest BCUT2D eigenvalue weighted by Gasteiger charge is 2.17. The van der Waals surface area contributed by atoms with Crippen LogP contribution >= 0.6 is 23.2 Å². The van der Waals surface area contributed by atoms with Crippen molar-refractivity contribution in [1.29, 1.82) is 0 Å². The van der Waals surface area contributed by atoms with Crippen molar-refractivity contribution < 1.29 is 13.9 Å². The van der Waals surface area contributed by atoms with Gasteiger partial charge >= 0.3 is 5.97 Å². The Kier molecular flexibility index (Phi) is 4.04. The van der Waals surface area contributed by atoms with Gasteiger partial charge in [0.1, 0.15) is 17.6 Å². The monoisotopic (exact) mass is 339 g/mol. The van der Waals surface area contributed by atoms with Gasteiger partial charge in [-0.3, -0.25) is 0 Å². The summed E-state index contributed by atoms with van der Waals surface area (Å²) in [6.45, 7) is 0.413. The molecule has 0 aliphatic heterocycles. The van der Waals surface area contributed by atoms with E-state index in [4.69, 9.17) is 32.4 Å². The molecule has 0 atom stereocenters. The zero-order valence-electron chi connectivity index (χ0n) is 11.5. The number of hydrogen-bond donors (Lipinski definition) is 0. The van der Waals surface area contributed by atoms with E-state index < -0.39 is 5.97 Å². The van der Waals surface area contributed by atoms with Crippen LogP contribution in [0.15, 0.2) is 29.2 Å². The van der Waals surface area contributed by atoms with Crippen LogP contribution in [0.3, 0.4) is 0 Å². The summed E-state index contributed by atoms with van der Waals surface area (Å²) >= 11 is 12.2. The molecule has 0 radical (unpaired) electrons. The van der Waals surface area contributed by atoms with E-state index in [0.29, 0.717) is 39.7 Å².